The Kier molecular flexibility index (Phi) is 11.0. The first-order chi connectivity index (χ1) is 18.4. The molecular formula is C35H43N3. The van der Waals surface area contributed by atoms with Gasteiger partial charge in [-0.05, 0) is 71.4 Å². The highest BCUT2D eigenvalue weighted by molar-refractivity contribution is 5.75. The second-order valence-corrected chi connectivity index (χ2v) is 9.62. The molecule has 0 aliphatic heterocycles. The van der Waals surface area contributed by atoms with Crippen LogP contribution >= 0.6 is 0 Å². The van der Waals surface area contributed by atoms with Crippen molar-refractivity contribution in [2.75, 3.05) is 19.0 Å². The van der Waals surface area contributed by atoms with E-state index in [2.05, 4.69) is 154 Å². The van der Waals surface area contributed by atoms with E-state index >= 15 is 0 Å². The van der Waals surface area contributed by atoms with Gasteiger partial charge in [-0.25, -0.2) is 0 Å². The van der Waals surface area contributed by atoms with Gasteiger partial charge in [0.2, 0.25) is 0 Å². The highest BCUT2D eigenvalue weighted by Crippen LogP contribution is 2.21. The van der Waals surface area contributed by atoms with Crippen LogP contribution in [-0.2, 0) is 13.1 Å². The smallest absolute Gasteiger partial charge is 0.0401 e. The van der Waals surface area contributed by atoms with Crippen LogP contribution in [-0.4, -0.2) is 14.1 Å². The molecule has 0 saturated carbocycles. The Bertz CT molecular complexity index is 1260. The fraction of sp³-hybridized carbons (Fsp3) is 0.257. The van der Waals surface area contributed by atoms with Crippen LogP contribution in [0.3, 0.4) is 0 Å². The number of nitrogens with zero attached hydrogens (tertiary/aromatic N) is 1. The summed E-state index contributed by atoms with van der Waals surface area (Å²) in [5.74, 6) is 0. The lowest BCUT2D eigenvalue weighted by atomic mass is 10.0. The maximum Gasteiger partial charge on any atom is 0.0401 e. The van der Waals surface area contributed by atoms with E-state index in [1.54, 1.807) is 0 Å². The number of anilines is 1. The standard InChI is InChI=1S/C35H43N3/c1-7-11-31(12-8-2)32-20-18-30(19-21-32)27(4)36-26-29-14-10-15-33(24-29)35(13-9-3)37-25-28-16-22-34(23-17-28)38(5)6/h7,10-24,36-37H,4,8-9,25-26H2,1-3,5-6H3/b11-7-,31-12+,35-13+. The largest absolute Gasteiger partial charge is 0.381 e. The first kappa shape index (κ1) is 28.6. The lowest BCUT2D eigenvalue weighted by molar-refractivity contribution is 0.876. The van der Waals surface area contributed by atoms with Gasteiger partial charge in [-0.15, -0.1) is 0 Å². The van der Waals surface area contributed by atoms with Crippen LogP contribution in [0.25, 0.3) is 17.0 Å². The van der Waals surface area contributed by atoms with Crippen LogP contribution in [0.5, 0.6) is 0 Å². The normalized spacial score (nSPS) is 12.0. The minimum absolute atomic E-state index is 0.722. The van der Waals surface area contributed by atoms with Crippen molar-refractivity contribution in [2.24, 2.45) is 0 Å². The van der Waals surface area contributed by atoms with Gasteiger partial charge in [0.25, 0.3) is 0 Å². The molecule has 0 aliphatic carbocycles. The van der Waals surface area contributed by atoms with Gasteiger partial charge in [0, 0.05) is 44.3 Å². The van der Waals surface area contributed by atoms with Gasteiger partial charge >= 0.3 is 0 Å². The van der Waals surface area contributed by atoms with E-state index in [0.29, 0.717) is 0 Å². The van der Waals surface area contributed by atoms with E-state index in [4.69, 9.17) is 0 Å². The molecule has 0 amide bonds. The fourth-order valence-electron chi connectivity index (χ4n) is 4.31. The summed E-state index contributed by atoms with van der Waals surface area (Å²) < 4.78 is 0. The van der Waals surface area contributed by atoms with Crippen molar-refractivity contribution in [3.05, 3.63) is 131 Å². The van der Waals surface area contributed by atoms with Gasteiger partial charge in [-0.1, -0.05) is 99.3 Å². The summed E-state index contributed by atoms with van der Waals surface area (Å²) in [5, 5.41) is 7.17. The van der Waals surface area contributed by atoms with Gasteiger partial charge in [0.05, 0.1) is 0 Å². The highest BCUT2D eigenvalue weighted by atomic mass is 15.1. The summed E-state index contributed by atoms with van der Waals surface area (Å²) in [4.78, 5) is 2.12. The van der Waals surface area contributed by atoms with Crippen LogP contribution in [0.1, 0.15) is 61.4 Å². The maximum absolute atomic E-state index is 4.29. The van der Waals surface area contributed by atoms with Crippen LogP contribution in [0, 0.1) is 0 Å². The van der Waals surface area contributed by atoms with Gasteiger partial charge in [-0.2, -0.15) is 0 Å². The lowest BCUT2D eigenvalue weighted by Crippen LogP contribution is -2.14. The van der Waals surface area contributed by atoms with Crippen LogP contribution in [0.2, 0.25) is 0 Å². The molecule has 38 heavy (non-hydrogen) atoms. The van der Waals surface area contributed by atoms with Crippen molar-refractivity contribution >= 4 is 22.7 Å². The van der Waals surface area contributed by atoms with Crippen LogP contribution < -0.4 is 15.5 Å². The summed E-state index contributed by atoms with van der Waals surface area (Å²) in [6, 6.07) is 26.1. The molecule has 0 radical (unpaired) electrons. The number of nitrogens with one attached hydrogen (secondary N) is 2. The monoisotopic (exact) mass is 505 g/mol. The van der Waals surface area contributed by atoms with Gasteiger partial charge in [0.1, 0.15) is 0 Å². The zero-order valence-electron chi connectivity index (χ0n) is 23.7. The van der Waals surface area contributed by atoms with E-state index in [1.165, 1.54) is 33.5 Å². The zero-order valence-corrected chi connectivity index (χ0v) is 23.7. The molecule has 0 unspecified atom stereocenters. The van der Waals surface area contributed by atoms with Crippen LogP contribution in [0.15, 0.2) is 104 Å². The Morgan fingerprint density at radius 3 is 2.05 bits per heavy atom. The quantitative estimate of drug-likeness (QED) is 0.228. The molecule has 2 N–H and O–H groups in total. The first-order valence-corrected chi connectivity index (χ1v) is 13.6. The van der Waals surface area contributed by atoms with Crippen molar-refractivity contribution in [3.63, 3.8) is 0 Å². The average Bonchev–Trinajstić information content (AvgIpc) is 2.94. The summed E-state index contributed by atoms with van der Waals surface area (Å²) in [5.41, 5.74) is 10.6. The molecule has 0 atom stereocenters. The molecule has 0 bridgehead atoms. The molecule has 198 valence electrons. The minimum Gasteiger partial charge on any atom is -0.381 e. The summed E-state index contributed by atoms with van der Waals surface area (Å²) in [6.07, 6.45) is 10.8. The van der Waals surface area contributed by atoms with E-state index in [9.17, 15) is 0 Å². The summed E-state index contributed by atoms with van der Waals surface area (Å²) in [6.45, 7) is 12.2. The maximum atomic E-state index is 4.29. The van der Waals surface area contributed by atoms with E-state index in [1.807, 2.05) is 0 Å². The third-order valence-corrected chi connectivity index (χ3v) is 6.42. The Hall–Kier alpha value is -3.98. The zero-order chi connectivity index (χ0) is 27.3. The molecule has 0 aliphatic rings. The van der Waals surface area contributed by atoms with Crippen molar-refractivity contribution in [1.82, 2.24) is 10.6 Å². The molecule has 0 spiro atoms. The molecule has 3 aromatic rings. The molecule has 0 aromatic heterocycles. The third-order valence-electron chi connectivity index (χ3n) is 6.42. The van der Waals surface area contributed by atoms with Crippen molar-refractivity contribution in [2.45, 2.75) is 46.7 Å². The first-order valence-electron chi connectivity index (χ1n) is 13.6. The molecule has 3 aromatic carbocycles. The number of allylic oxidation sites excluding steroid dienone is 5. The molecule has 0 saturated heterocycles. The average molecular weight is 506 g/mol. The number of hydrogen-bond donors (Lipinski definition) is 2. The minimum atomic E-state index is 0.722. The molecule has 3 rings (SSSR count). The topological polar surface area (TPSA) is 27.3 Å². The third kappa shape index (κ3) is 8.27. The fourth-order valence-corrected chi connectivity index (χ4v) is 4.31. The van der Waals surface area contributed by atoms with Gasteiger partial charge in [0.15, 0.2) is 0 Å². The SMILES string of the molecule is C=C(NCc1cccc(/C(=C\CC)NCc2ccc(N(C)C)cc2)c1)c1ccc(C(/C=C\C)=C/CC)cc1. The Morgan fingerprint density at radius 1 is 0.763 bits per heavy atom. The molecule has 3 nitrogen and oxygen atoms in total. The predicted octanol–water partition coefficient (Wildman–Crippen LogP) is 8.42. The molecular weight excluding hydrogens is 462 g/mol. The second kappa shape index (κ2) is 14.7. The molecule has 3 heteroatoms. The van der Waals surface area contributed by atoms with Crippen LogP contribution in [0.4, 0.5) is 5.69 Å². The van der Waals surface area contributed by atoms with E-state index in [0.717, 1.165) is 42.9 Å². The number of hydrogen-bond acceptors (Lipinski definition) is 3. The van der Waals surface area contributed by atoms with E-state index < -0.39 is 0 Å². The Labute approximate surface area is 230 Å². The Balaban J connectivity index is 1.63. The lowest BCUT2D eigenvalue weighted by Gasteiger charge is -2.16. The van der Waals surface area contributed by atoms with Crippen molar-refractivity contribution in [3.8, 4) is 0 Å². The summed E-state index contributed by atoms with van der Waals surface area (Å²) >= 11 is 0. The number of rotatable bonds is 13. The predicted molar refractivity (Wildman–Crippen MR) is 168 cm³/mol. The molecule has 0 heterocycles. The second-order valence-electron chi connectivity index (χ2n) is 9.62. The van der Waals surface area contributed by atoms with Gasteiger partial charge < -0.3 is 15.5 Å². The number of benzene rings is 3. The van der Waals surface area contributed by atoms with E-state index in [-0.39, 0.29) is 0 Å². The highest BCUT2D eigenvalue weighted by Gasteiger charge is 2.06. The van der Waals surface area contributed by atoms with Crippen molar-refractivity contribution in [1.29, 1.82) is 0 Å². The Morgan fingerprint density at radius 2 is 1.42 bits per heavy atom. The van der Waals surface area contributed by atoms with Crippen molar-refractivity contribution < 1.29 is 0 Å². The molecule has 0 fully saturated rings. The van der Waals surface area contributed by atoms with Gasteiger partial charge in [-0.3, -0.25) is 0 Å². The summed E-state index contributed by atoms with van der Waals surface area (Å²) in [7, 11) is 4.13.